The average Bonchev–Trinajstić information content (AvgIpc) is 3.85. The topological polar surface area (TPSA) is 99.2 Å². The van der Waals surface area contributed by atoms with E-state index in [2.05, 4.69) is 66.4 Å². The van der Waals surface area contributed by atoms with Crippen LogP contribution in [0.1, 0.15) is 105 Å². The van der Waals surface area contributed by atoms with E-state index in [1.165, 1.54) is 17.5 Å². The minimum atomic E-state index is 0.0127. The first-order valence-electron chi connectivity index (χ1n) is 24.8. The van der Waals surface area contributed by atoms with Gasteiger partial charge in [-0.05, 0) is 145 Å². The maximum Gasteiger partial charge on any atom is 0.258 e. The van der Waals surface area contributed by atoms with Crippen molar-refractivity contribution in [3.05, 3.63) is 141 Å². The number of nitrogens with zero attached hydrogens (tertiary/aromatic N) is 3. The first-order chi connectivity index (χ1) is 33.3. The summed E-state index contributed by atoms with van der Waals surface area (Å²) in [6, 6.07) is 31.4. The highest BCUT2D eigenvalue weighted by atomic mass is 16.5. The highest BCUT2D eigenvalue weighted by molar-refractivity contribution is 6.10. The van der Waals surface area contributed by atoms with Gasteiger partial charge >= 0.3 is 0 Å². The summed E-state index contributed by atoms with van der Waals surface area (Å²) in [7, 11) is 3.30. The number of methoxy groups -OCH3 is 2. The fourth-order valence-electron chi connectivity index (χ4n) is 10.6. The van der Waals surface area contributed by atoms with Crippen molar-refractivity contribution in [1.29, 1.82) is 0 Å². The molecule has 2 atom stereocenters. The molecule has 4 aliphatic heterocycles. The zero-order chi connectivity index (χ0) is 47.0. The molecule has 0 spiro atoms. The Balaban J connectivity index is 0.966. The number of para-hydroxylation sites is 2. The van der Waals surface area contributed by atoms with Crippen molar-refractivity contribution in [2.24, 2.45) is 0 Å². The van der Waals surface area contributed by atoms with E-state index in [4.69, 9.17) is 28.4 Å². The zero-order valence-corrected chi connectivity index (χ0v) is 40.4. The van der Waals surface area contributed by atoms with Gasteiger partial charge in [-0.15, -0.1) is 0 Å². The van der Waals surface area contributed by atoms with Crippen LogP contribution in [0.3, 0.4) is 0 Å². The molecule has 4 aliphatic rings. The van der Waals surface area contributed by atoms with Gasteiger partial charge in [0.05, 0.1) is 40.1 Å². The highest BCUT2D eigenvalue weighted by Gasteiger charge is 2.39. The summed E-state index contributed by atoms with van der Waals surface area (Å²) in [6.45, 7) is 9.17. The van der Waals surface area contributed by atoms with Gasteiger partial charge < -0.3 is 43.1 Å². The number of anilines is 3. The van der Waals surface area contributed by atoms with E-state index in [9.17, 15) is 9.59 Å². The third-order valence-electron chi connectivity index (χ3n) is 14.1. The number of carbonyl (C=O) groups is 2. The van der Waals surface area contributed by atoms with Gasteiger partial charge in [0.15, 0.2) is 11.5 Å². The van der Waals surface area contributed by atoms with Crippen molar-refractivity contribution in [3.63, 3.8) is 0 Å². The monoisotopic (exact) mass is 921 g/mol. The predicted molar refractivity (Wildman–Crippen MR) is 267 cm³/mol. The van der Waals surface area contributed by atoms with Crippen molar-refractivity contribution in [1.82, 2.24) is 0 Å². The Bertz CT molecular complexity index is 2580. The van der Waals surface area contributed by atoms with E-state index in [1.54, 1.807) is 14.2 Å². The molecule has 11 nitrogen and oxygen atoms in total. The summed E-state index contributed by atoms with van der Waals surface area (Å²) < 4.78 is 36.2. The molecule has 2 amide bonds. The number of hydrogen-bond donors (Lipinski definition) is 0. The molecule has 0 radical (unpaired) electrons. The van der Waals surface area contributed by atoms with Crippen LogP contribution in [0.2, 0.25) is 0 Å². The first kappa shape index (κ1) is 47.2. The molecule has 0 unspecified atom stereocenters. The summed E-state index contributed by atoms with van der Waals surface area (Å²) in [5, 5.41) is 0. The third kappa shape index (κ3) is 10.4. The van der Waals surface area contributed by atoms with Crippen LogP contribution in [0, 0.1) is 6.92 Å². The number of carbonyl (C=O) groups excluding carboxylic acids is 2. The van der Waals surface area contributed by atoms with Gasteiger partial charge in [0.2, 0.25) is 0 Å². The summed E-state index contributed by atoms with van der Waals surface area (Å²) in [5.41, 5.74) is 12.0. The SMILES string of the molecule is CCCCCCN(CCOCCOCCOC)c1cc(COc2cc3c(cc2C)C(=O)N2c4ccccc4C[C@H]2CC3)cc(COc2cc3c(cc2OC)C(=O)N2c4ccccc4C[C@H]2CC3)c1. The number of benzene rings is 5. The number of fused-ring (bicyclic) bond motifs is 8. The Labute approximate surface area is 402 Å². The number of amides is 2. The Kier molecular flexibility index (Phi) is 15.3. The van der Waals surface area contributed by atoms with Crippen LogP contribution < -0.4 is 28.9 Å². The van der Waals surface area contributed by atoms with Crippen LogP contribution in [0.15, 0.2) is 91.0 Å². The molecule has 4 heterocycles. The number of ether oxygens (including phenoxy) is 6. The van der Waals surface area contributed by atoms with E-state index >= 15 is 0 Å². The number of hydrogen-bond acceptors (Lipinski definition) is 9. The number of rotatable bonds is 22. The van der Waals surface area contributed by atoms with Crippen LogP contribution in [-0.4, -0.2) is 84.2 Å². The number of unbranched alkanes of at least 4 members (excludes halogenated alkanes) is 3. The number of aryl methyl sites for hydroxylation is 3. The Morgan fingerprint density at radius 3 is 1.78 bits per heavy atom. The minimum Gasteiger partial charge on any atom is -0.493 e. The van der Waals surface area contributed by atoms with Crippen molar-refractivity contribution >= 4 is 28.9 Å². The van der Waals surface area contributed by atoms with Crippen LogP contribution in [0.4, 0.5) is 17.1 Å². The van der Waals surface area contributed by atoms with Gasteiger partial charge in [-0.25, -0.2) is 0 Å². The molecular weight excluding hydrogens is 855 g/mol. The standard InChI is InChI=1S/C57H67N3O8/c1-5-6-7-12-21-58(22-23-65-26-27-66-25-24-63-3)48-30-40(37-67-53-34-42-17-19-46-32-44-13-8-10-15-51(44)59(46)56(61)49(42)28-39(53)2)29-41(31-48)38-68-55-35-43-18-20-47-33-45-14-9-11-16-52(45)60(47)57(62)50(43)36-54(55)64-4/h8-11,13-16,28-31,34-36,46-47H,5-7,12,17-27,32-33,37-38H2,1-4H3/t46-,47-/m1/s1. The molecular formula is C57H67N3O8. The molecule has 0 saturated carbocycles. The molecule has 358 valence electrons. The first-order valence-corrected chi connectivity index (χ1v) is 24.8. The van der Waals surface area contributed by atoms with E-state index in [-0.39, 0.29) is 30.5 Å². The molecule has 0 aromatic heterocycles. The molecule has 0 saturated heterocycles. The molecule has 0 N–H and O–H groups in total. The average molecular weight is 922 g/mol. The van der Waals surface area contributed by atoms with Gasteiger partial charge in [-0.3, -0.25) is 9.59 Å². The lowest BCUT2D eigenvalue weighted by Gasteiger charge is -2.26. The highest BCUT2D eigenvalue weighted by Crippen LogP contribution is 2.42. The molecule has 11 heteroatoms. The summed E-state index contributed by atoms with van der Waals surface area (Å²) in [4.78, 5) is 34.8. The lowest BCUT2D eigenvalue weighted by molar-refractivity contribution is 0.0264. The maximum absolute atomic E-state index is 14.2. The van der Waals surface area contributed by atoms with Crippen LogP contribution in [0.5, 0.6) is 17.2 Å². The van der Waals surface area contributed by atoms with Gasteiger partial charge in [-0.2, -0.15) is 0 Å². The third-order valence-corrected chi connectivity index (χ3v) is 14.1. The van der Waals surface area contributed by atoms with Gasteiger partial charge in [-0.1, -0.05) is 62.6 Å². The zero-order valence-electron chi connectivity index (χ0n) is 40.4. The quantitative estimate of drug-likeness (QED) is 0.0629. The molecule has 0 bridgehead atoms. The van der Waals surface area contributed by atoms with E-state index in [0.29, 0.717) is 63.2 Å². The molecule has 0 aliphatic carbocycles. The summed E-state index contributed by atoms with van der Waals surface area (Å²) in [5.74, 6) is 2.02. The van der Waals surface area contributed by atoms with Crippen LogP contribution in [0.25, 0.3) is 0 Å². The van der Waals surface area contributed by atoms with Crippen molar-refractivity contribution in [2.75, 3.05) is 75.0 Å². The lowest BCUT2D eigenvalue weighted by Crippen LogP contribution is -2.36. The van der Waals surface area contributed by atoms with E-state index in [1.807, 2.05) is 53.1 Å². The van der Waals surface area contributed by atoms with E-state index < -0.39 is 0 Å². The van der Waals surface area contributed by atoms with Crippen molar-refractivity contribution in [3.8, 4) is 17.2 Å². The summed E-state index contributed by atoms with van der Waals surface area (Å²) >= 11 is 0. The minimum absolute atomic E-state index is 0.0127. The Hall–Kier alpha value is -5.88. The normalized spacial score (nSPS) is 16.8. The Morgan fingerprint density at radius 1 is 0.588 bits per heavy atom. The van der Waals surface area contributed by atoms with Crippen molar-refractivity contribution in [2.45, 2.75) is 103 Å². The second-order valence-electron chi connectivity index (χ2n) is 18.7. The van der Waals surface area contributed by atoms with Gasteiger partial charge in [0.1, 0.15) is 19.0 Å². The smallest absolute Gasteiger partial charge is 0.258 e. The fraction of sp³-hybridized carbons (Fsp3) is 0.439. The lowest BCUT2D eigenvalue weighted by atomic mass is 9.98. The Morgan fingerprint density at radius 2 is 1.16 bits per heavy atom. The second-order valence-corrected chi connectivity index (χ2v) is 18.7. The fourth-order valence-corrected chi connectivity index (χ4v) is 10.6. The summed E-state index contributed by atoms with van der Waals surface area (Å²) in [6.07, 6.45) is 9.67. The molecule has 5 aromatic carbocycles. The molecule has 68 heavy (non-hydrogen) atoms. The van der Waals surface area contributed by atoms with E-state index in [0.717, 1.165) is 121 Å². The molecule has 9 rings (SSSR count). The maximum atomic E-state index is 14.2. The predicted octanol–water partition coefficient (Wildman–Crippen LogP) is 10.3. The van der Waals surface area contributed by atoms with Gasteiger partial charge in [0.25, 0.3) is 11.8 Å². The second kappa shape index (κ2) is 22.0. The van der Waals surface area contributed by atoms with Crippen molar-refractivity contribution < 1.29 is 38.0 Å². The molecule has 0 fully saturated rings. The van der Waals surface area contributed by atoms with Gasteiger partial charge in [0, 0.05) is 60.5 Å². The van der Waals surface area contributed by atoms with Crippen LogP contribution >= 0.6 is 0 Å². The van der Waals surface area contributed by atoms with Crippen LogP contribution in [-0.2, 0) is 53.1 Å². The largest absolute Gasteiger partial charge is 0.493 e. The molecule has 5 aromatic rings.